The van der Waals surface area contributed by atoms with Crippen LogP contribution in [0.15, 0.2) is 65.0 Å². The lowest BCUT2D eigenvalue weighted by atomic mass is 10.0. The van der Waals surface area contributed by atoms with E-state index in [1.165, 1.54) is 22.5 Å². The first kappa shape index (κ1) is 18.4. The Labute approximate surface area is 168 Å². The van der Waals surface area contributed by atoms with E-state index in [1.807, 2.05) is 35.7 Å². The van der Waals surface area contributed by atoms with E-state index < -0.39 is 0 Å². The topological polar surface area (TPSA) is 44.1 Å². The summed E-state index contributed by atoms with van der Waals surface area (Å²) in [6.45, 7) is 5.33. The molecule has 2 aromatic heterocycles. The van der Waals surface area contributed by atoms with Crippen molar-refractivity contribution in [3.05, 3.63) is 81.7 Å². The molecule has 0 atom stereocenters. The number of aromatic nitrogens is 2. The number of para-hydroxylation sites is 1. The number of aryl methyl sites for hydroxylation is 3. The average Bonchev–Trinajstić information content (AvgIpc) is 3.14. The largest absolute Gasteiger partial charge is 0.494 e. The summed E-state index contributed by atoms with van der Waals surface area (Å²) in [7, 11) is 0. The van der Waals surface area contributed by atoms with Crippen LogP contribution in [0.25, 0.3) is 21.3 Å². The second-order valence-corrected chi connectivity index (χ2v) is 7.74. The maximum Gasteiger partial charge on any atom is 0.262 e. The van der Waals surface area contributed by atoms with E-state index in [4.69, 9.17) is 4.74 Å². The highest BCUT2D eigenvalue weighted by Gasteiger charge is 2.13. The Balaban J connectivity index is 1.56. The summed E-state index contributed by atoms with van der Waals surface area (Å²) in [5.41, 5.74) is 4.52. The van der Waals surface area contributed by atoms with Crippen molar-refractivity contribution in [3.8, 4) is 16.9 Å². The van der Waals surface area contributed by atoms with Gasteiger partial charge in [0.2, 0.25) is 0 Å². The highest BCUT2D eigenvalue weighted by atomic mass is 32.1. The smallest absolute Gasteiger partial charge is 0.262 e. The third kappa shape index (κ3) is 3.71. The maximum absolute atomic E-state index is 13.1. The highest BCUT2D eigenvalue weighted by molar-refractivity contribution is 7.17. The Morgan fingerprint density at radius 2 is 1.89 bits per heavy atom. The SMILES string of the molecule is Cc1ccc(-c2csc3ncn(CCCOc4ccccc4)c(=O)c23)cc1C. The van der Waals surface area contributed by atoms with Crippen LogP contribution in [0.3, 0.4) is 0 Å². The molecule has 0 N–H and O–H groups in total. The van der Waals surface area contributed by atoms with Gasteiger partial charge in [0.15, 0.2) is 0 Å². The molecule has 4 aromatic rings. The van der Waals surface area contributed by atoms with E-state index >= 15 is 0 Å². The number of nitrogens with zero attached hydrogens (tertiary/aromatic N) is 2. The summed E-state index contributed by atoms with van der Waals surface area (Å²) >= 11 is 1.52. The second-order valence-electron chi connectivity index (χ2n) is 6.89. The van der Waals surface area contributed by atoms with Crippen LogP contribution in [-0.4, -0.2) is 16.2 Å². The number of thiophene rings is 1. The van der Waals surface area contributed by atoms with Crippen LogP contribution >= 0.6 is 11.3 Å². The number of hydrogen-bond donors (Lipinski definition) is 0. The van der Waals surface area contributed by atoms with Crippen molar-refractivity contribution >= 4 is 21.6 Å². The Morgan fingerprint density at radius 3 is 2.68 bits per heavy atom. The van der Waals surface area contributed by atoms with Crippen molar-refractivity contribution in [3.63, 3.8) is 0 Å². The lowest BCUT2D eigenvalue weighted by Crippen LogP contribution is -2.21. The molecule has 2 heterocycles. The van der Waals surface area contributed by atoms with E-state index in [0.717, 1.165) is 28.1 Å². The Morgan fingerprint density at radius 1 is 1.07 bits per heavy atom. The van der Waals surface area contributed by atoms with Crippen LogP contribution in [0.5, 0.6) is 5.75 Å². The van der Waals surface area contributed by atoms with Crippen molar-refractivity contribution in [2.45, 2.75) is 26.8 Å². The second kappa shape index (κ2) is 7.98. The monoisotopic (exact) mass is 390 g/mol. The normalized spacial score (nSPS) is 11.1. The van der Waals surface area contributed by atoms with Crippen molar-refractivity contribution in [1.29, 1.82) is 0 Å². The van der Waals surface area contributed by atoms with E-state index in [9.17, 15) is 4.79 Å². The summed E-state index contributed by atoms with van der Waals surface area (Å²) in [6, 6.07) is 16.0. The average molecular weight is 391 g/mol. The van der Waals surface area contributed by atoms with Crippen LogP contribution in [0, 0.1) is 13.8 Å². The molecule has 0 radical (unpaired) electrons. The molecule has 4 rings (SSSR count). The first-order valence-electron chi connectivity index (χ1n) is 9.35. The minimum absolute atomic E-state index is 0.0131. The molecule has 0 saturated carbocycles. The predicted molar refractivity (Wildman–Crippen MR) is 115 cm³/mol. The molecule has 5 heteroatoms. The van der Waals surface area contributed by atoms with Gasteiger partial charge >= 0.3 is 0 Å². The third-order valence-corrected chi connectivity index (χ3v) is 5.82. The number of fused-ring (bicyclic) bond motifs is 1. The zero-order chi connectivity index (χ0) is 19.5. The fourth-order valence-electron chi connectivity index (χ4n) is 3.19. The molecule has 0 amide bonds. The van der Waals surface area contributed by atoms with Crippen LogP contribution in [-0.2, 0) is 6.54 Å². The Hall–Kier alpha value is -2.92. The van der Waals surface area contributed by atoms with Gasteiger partial charge in [0.1, 0.15) is 10.6 Å². The lowest BCUT2D eigenvalue weighted by Gasteiger charge is -2.08. The van der Waals surface area contributed by atoms with Crippen molar-refractivity contribution in [2.24, 2.45) is 0 Å². The number of hydrogen-bond acceptors (Lipinski definition) is 4. The summed E-state index contributed by atoms with van der Waals surface area (Å²) < 4.78 is 7.41. The quantitative estimate of drug-likeness (QED) is 0.425. The first-order chi connectivity index (χ1) is 13.6. The predicted octanol–water partition coefficient (Wildman–Crippen LogP) is 5.21. The molecular formula is C23H22N2O2S. The van der Waals surface area contributed by atoms with E-state index in [1.54, 1.807) is 10.9 Å². The molecular weight excluding hydrogens is 368 g/mol. The van der Waals surface area contributed by atoms with Gasteiger partial charge in [-0.3, -0.25) is 9.36 Å². The van der Waals surface area contributed by atoms with Gasteiger partial charge in [0.05, 0.1) is 18.3 Å². The molecule has 0 spiro atoms. The molecule has 142 valence electrons. The fourth-order valence-corrected chi connectivity index (χ4v) is 4.10. The zero-order valence-electron chi connectivity index (χ0n) is 16.0. The molecule has 2 aromatic carbocycles. The molecule has 0 saturated heterocycles. The van der Waals surface area contributed by atoms with Crippen LogP contribution < -0.4 is 10.3 Å². The minimum Gasteiger partial charge on any atom is -0.494 e. The van der Waals surface area contributed by atoms with Gasteiger partial charge in [-0.25, -0.2) is 4.98 Å². The molecule has 28 heavy (non-hydrogen) atoms. The fraction of sp³-hybridized carbons (Fsp3) is 0.217. The summed E-state index contributed by atoms with van der Waals surface area (Å²) in [6.07, 6.45) is 2.39. The van der Waals surface area contributed by atoms with Gasteiger partial charge in [-0.05, 0) is 49.1 Å². The molecule has 0 aliphatic carbocycles. The van der Waals surface area contributed by atoms with Crippen LogP contribution in [0.1, 0.15) is 17.5 Å². The molecule has 0 aliphatic rings. The Bertz CT molecular complexity index is 1160. The van der Waals surface area contributed by atoms with Crippen molar-refractivity contribution < 1.29 is 4.74 Å². The van der Waals surface area contributed by atoms with E-state index in [0.29, 0.717) is 18.5 Å². The molecule has 0 fully saturated rings. The van der Waals surface area contributed by atoms with Gasteiger partial charge in [-0.2, -0.15) is 0 Å². The molecule has 0 bridgehead atoms. The standard InChI is InChI=1S/C23H22N2O2S/c1-16-9-10-18(13-17(16)2)20-14-28-22-21(20)23(26)25(15-24-22)11-6-12-27-19-7-4-3-5-8-19/h3-5,7-10,13-15H,6,11-12H2,1-2H3. The highest BCUT2D eigenvalue weighted by Crippen LogP contribution is 2.31. The third-order valence-electron chi connectivity index (χ3n) is 4.93. The van der Waals surface area contributed by atoms with Gasteiger partial charge in [0.25, 0.3) is 5.56 Å². The molecule has 0 unspecified atom stereocenters. The zero-order valence-corrected chi connectivity index (χ0v) is 16.8. The van der Waals surface area contributed by atoms with Crippen LogP contribution in [0.2, 0.25) is 0 Å². The summed E-state index contributed by atoms with van der Waals surface area (Å²) in [5.74, 6) is 0.846. The van der Waals surface area contributed by atoms with E-state index in [2.05, 4.69) is 37.0 Å². The minimum atomic E-state index is 0.0131. The lowest BCUT2D eigenvalue weighted by molar-refractivity contribution is 0.301. The van der Waals surface area contributed by atoms with Gasteiger partial charge < -0.3 is 4.74 Å². The van der Waals surface area contributed by atoms with Crippen molar-refractivity contribution in [2.75, 3.05) is 6.61 Å². The number of benzene rings is 2. The summed E-state index contributed by atoms with van der Waals surface area (Å²) in [5, 5.41) is 2.74. The maximum atomic E-state index is 13.1. The number of rotatable bonds is 6. The molecule has 0 aliphatic heterocycles. The first-order valence-corrected chi connectivity index (χ1v) is 10.2. The van der Waals surface area contributed by atoms with Crippen LogP contribution in [0.4, 0.5) is 0 Å². The van der Waals surface area contributed by atoms with Gasteiger partial charge in [0, 0.05) is 17.5 Å². The Kier molecular flexibility index (Phi) is 5.26. The van der Waals surface area contributed by atoms with Gasteiger partial charge in [-0.15, -0.1) is 11.3 Å². The van der Waals surface area contributed by atoms with Gasteiger partial charge in [-0.1, -0.05) is 36.4 Å². The summed E-state index contributed by atoms with van der Waals surface area (Å²) in [4.78, 5) is 18.4. The number of ether oxygens (including phenoxy) is 1. The molecule has 4 nitrogen and oxygen atoms in total. The van der Waals surface area contributed by atoms with E-state index in [-0.39, 0.29) is 5.56 Å². The van der Waals surface area contributed by atoms with Crippen molar-refractivity contribution in [1.82, 2.24) is 9.55 Å².